The lowest BCUT2D eigenvalue weighted by atomic mass is 10.1. The van der Waals surface area contributed by atoms with Gasteiger partial charge in [-0.3, -0.25) is 9.59 Å². The van der Waals surface area contributed by atoms with Gasteiger partial charge in [-0.1, -0.05) is 37.3 Å². The fourth-order valence-corrected chi connectivity index (χ4v) is 1.75. The first-order valence-electron chi connectivity index (χ1n) is 6.48. The SMILES string of the molecule is CC[C@H](NC(=O)[C@H](NC(=O)CO)c1ccccc1)C(=O)O. The lowest BCUT2D eigenvalue weighted by Crippen LogP contribution is -2.47. The van der Waals surface area contributed by atoms with Crippen molar-refractivity contribution in [1.82, 2.24) is 10.6 Å². The minimum atomic E-state index is -1.15. The molecule has 0 bridgehead atoms. The van der Waals surface area contributed by atoms with E-state index in [2.05, 4.69) is 10.6 Å². The molecule has 0 radical (unpaired) electrons. The van der Waals surface area contributed by atoms with E-state index in [-0.39, 0.29) is 6.42 Å². The van der Waals surface area contributed by atoms with Gasteiger partial charge >= 0.3 is 5.97 Å². The van der Waals surface area contributed by atoms with Crippen LogP contribution in [-0.4, -0.2) is 40.6 Å². The number of aliphatic carboxylic acids is 1. The number of hydrogen-bond acceptors (Lipinski definition) is 4. The van der Waals surface area contributed by atoms with Crippen molar-refractivity contribution in [2.24, 2.45) is 0 Å². The van der Waals surface area contributed by atoms with Crippen LogP contribution in [0.1, 0.15) is 24.9 Å². The fourth-order valence-electron chi connectivity index (χ4n) is 1.75. The number of benzene rings is 1. The van der Waals surface area contributed by atoms with E-state index in [1.807, 2.05) is 0 Å². The monoisotopic (exact) mass is 294 g/mol. The summed E-state index contributed by atoms with van der Waals surface area (Å²) in [5.41, 5.74) is 0.497. The third kappa shape index (κ3) is 4.88. The Hall–Kier alpha value is -2.41. The zero-order valence-electron chi connectivity index (χ0n) is 11.6. The second-order valence-corrected chi connectivity index (χ2v) is 4.38. The standard InChI is InChI=1S/C14H18N2O5/c1-2-10(14(20)21)15-13(19)12(16-11(18)8-17)9-6-4-3-5-7-9/h3-7,10,12,17H,2,8H2,1H3,(H,15,19)(H,16,18)(H,20,21)/t10-,12+/m0/s1. The maximum Gasteiger partial charge on any atom is 0.326 e. The van der Waals surface area contributed by atoms with Gasteiger partial charge in [0.2, 0.25) is 11.8 Å². The van der Waals surface area contributed by atoms with Gasteiger partial charge < -0.3 is 20.8 Å². The Morgan fingerprint density at radius 2 is 1.76 bits per heavy atom. The molecule has 0 aliphatic carbocycles. The highest BCUT2D eigenvalue weighted by Gasteiger charge is 2.26. The first-order chi connectivity index (χ1) is 9.99. The number of carbonyl (C=O) groups is 3. The Bertz CT molecular complexity index is 503. The van der Waals surface area contributed by atoms with Crippen LogP contribution in [0, 0.1) is 0 Å². The number of amides is 2. The van der Waals surface area contributed by atoms with Gasteiger partial charge in [-0.2, -0.15) is 0 Å². The van der Waals surface area contributed by atoms with Crippen LogP contribution >= 0.6 is 0 Å². The Kier molecular flexibility index (Phi) is 6.35. The van der Waals surface area contributed by atoms with Crippen LogP contribution in [0.25, 0.3) is 0 Å². The van der Waals surface area contributed by atoms with Crippen LogP contribution in [-0.2, 0) is 14.4 Å². The molecule has 0 saturated carbocycles. The summed E-state index contributed by atoms with van der Waals surface area (Å²) in [6, 6.07) is 6.30. The van der Waals surface area contributed by atoms with Gasteiger partial charge in [0.1, 0.15) is 18.7 Å². The second kappa shape index (κ2) is 8.01. The molecule has 1 aromatic rings. The van der Waals surface area contributed by atoms with Crippen molar-refractivity contribution in [2.75, 3.05) is 6.61 Å². The van der Waals surface area contributed by atoms with Crippen molar-refractivity contribution in [2.45, 2.75) is 25.4 Å². The summed E-state index contributed by atoms with van der Waals surface area (Å²) in [6.07, 6.45) is 0.219. The van der Waals surface area contributed by atoms with Crippen molar-refractivity contribution >= 4 is 17.8 Å². The molecule has 2 atom stereocenters. The van der Waals surface area contributed by atoms with E-state index in [1.54, 1.807) is 37.3 Å². The molecule has 0 spiro atoms. The van der Waals surface area contributed by atoms with E-state index in [9.17, 15) is 14.4 Å². The van der Waals surface area contributed by atoms with Crippen LogP contribution in [0.5, 0.6) is 0 Å². The summed E-state index contributed by atoms with van der Waals surface area (Å²) < 4.78 is 0. The predicted octanol–water partition coefficient (Wildman–Crippen LogP) is -0.184. The zero-order valence-corrected chi connectivity index (χ0v) is 11.6. The largest absolute Gasteiger partial charge is 0.480 e. The molecule has 0 unspecified atom stereocenters. The minimum absolute atomic E-state index is 0.219. The Labute approximate surface area is 122 Å². The van der Waals surface area contributed by atoms with Crippen molar-refractivity contribution < 1.29 is 24.6 Å². The van der Waals surface area contributed by atoms with E-state index >= 15 is 0 Å². The predicted molar refractivity (Wildman–Crippen MR) is 74.3 cm³/mol. The molecule has 0 aliphatic rings. The molecular formula is C14H18N2O5. The molecule has 1 rings (SSSR count). The lowest BCUT2D eigenvalue weighted by molar-refractivity contribution is -0.142. The van der Waals surface area contributed by atoms with Crippen molar-refractivity contribution in [3.05, 3.63) is 35.9 Å². The second-order valence-electron chi connectivity index (χ2n) is 4.38. The molecule has 7 heteroatoms. The molecule has 1 aromatic carbocycles. The highest BCUT2D eigenvalue weighted by Crippen LogP contribution is 2.13. The van der Waals surface area contributed by atoms with Gasteiger partial charge in [-0.05, 0) is 12.0 Å². The number of aliphatic hydroxyl groups excluding tert-OH is 1. The van der Waals surface area contributed by atoms with E-state index in [4.69, 9.17) is 10.2 Å². The van der Waals surface area contributed by atoms with Crippen LogP contribution in [0.4, 0.5) is 0 Å². The van der Waals surface area contributed by atoms with E-state index in [1.165, 1.54) is 0 Å². The van der Waals surface area contributed by atoms with Crippen molar-refractivity contribution in [3.8, 4) is 0 Å². The maximum absolute atomic E-state index is 12.2. The smallest absolute Gasteiger partial charge is 0.326 e. The molecule has 0 heterocycles. The van der Waals surface area contributed by atoms with Crippen molar-refractivity contribution in [1.29, 1.82) is 0 Å². The quantitative estimate of drug-likeness (QED) is 0.556. The summed E-state index contributed by atoms with van der Waals surface area (Å²) in [7, 11) is 0. The molecule has 0 saturated heterocycles. The molecule has 7 nitrogen and oxygen atoms in total. The average Bonchev–Trinajstić information content (AvgIpc) is 2.50. The molecule has 0 fully saturated rings. The number of aliphatic hydroxyl groups is 1. The molecule has 2 amide bonds. The van der Waals surface area contributed by atoms with Crippen molar-refractivity contribution in [3.63, 3.8) is 0 Å². The number of rotatable bonds is 7. The Morgan fingerprint density at radius 3 is 2.24 bits per heavy atom. The third-order valence-electron chi connectivity index (χ3n) is 2.87. The van der Waals surface area contributed by atoms with Gasteiger partial charge in [-0.25, -0.2) is 4.79 Å². The summed E-state index contributed by atoms with van der Waals surface area (Å²) in [6.45, 7) is 0.871. The van der Waals surface area contributed by atoms with Gasteiger partial charge in [-0.15, -0.1) is 0 Å². The van der Waals surface area contributed by atoms with E-state index in [0.29, 0.717) is 5.56 Å². The molecular weight excluding hydrogens is 276 g/mol. The molecule has 0 aromatic heterocycles. The topological polar surface area (TPSA) is 116 Å². The number of carbonyl (C=O) groups excluding carboxylic acids is 2. The molecule has 114 valence electrons. The van der Waals surface area contributed by atoms with Crippen LogP contribution in [0.2, 0.25) is 0 Å². The lowest BCUT2D eigenvalue weighted by Gasteiger charge is -2.20. The van der Waals surface area contributed by atoms with Gasteiger partial charge in [0.15, 0.2) is 0 Å². The van der Waals surface area contributed by atoms with E-state index < -0.39 is 36.5 Å². The van der Waals surface area contributed by atoms with Crippen LogP contribution < -0.4 is 10.6 Å². The number of carboxylic acids is 1. The van der Waals surface area contributed by atoms with Gasteiger partial charge in [0.05, 0.1) is 0 Å². The minimum Gasteiger partial charge on any atom is -0.480 e. The van der Waals surface area contributed by atoms with Crippen LogP contribution in [0.15, 0.2) is 30.3 Å². The number of nitrogens with one attached hydrogen (secondary N) is 2. The Balaban J connectivity index is 2.93. The normalized spacial score (nSPS) is 13.0. The first kappa shape index (κ1) is 16.6. The summed E-state index contributed by atoms with van der Waals surface area (Å²) >= 11 is 0. The Morgan fingerprint density at radius 1 is 1.14 bits per heavy atom. The highest BCUT2D eigenvalue weighted by molar-refractivity contribution is 5.91. The number of carboxylic acid groups (broad SMARTS) is 1. The van der Waals surface area contributed by atoms with Gasteiger partial charge in [0, 0.05) is 0 Å². The van der Waals surface area contributed by atoms with E-state index in [0.717, 1.165) is 0 Å². The van der Waals surface area contributed by atoms with Gasteiger partial charge in [0.25, 0.3) is 0 Å². The fraction of sp³-hybridized carbons (Fsp3) is 0.357. The highest BCUT2D eigenvalue weighted by atomic mass is 16.4. The molecule has 0 aliphatic heterocycles. The molecule has 4 N–H and O–H groups in total. The summed E-state index contributed by atoms with van der Waals surface area (Å²) in [4.78, 5) is 34.5. The summed E-state index contributed by atoms with van der Waals surface area (Å²) in [5, 5.41) is 22.5. The van der Waals surface area contributed by atoms with Crippen LogP contribution in [0.3, 0.4) is 0 Å². The third-order valence-corrected chi connectivity index (χ3v) is 2.87. The zero-order chi connectivity index (χ0) is 15.8. The maximum atomic E-state index is 12.2. The first-order valence-corrected chi connectivity index (χ1v) is 6.48. The molecule has 21 heavy (non-hydrogen) atoms. The number of hydrogen-bond donors (Lipinski definition) is 4. The average molecular weight is 294 g/mol. The summed E-state index contributed by atoms with van der Waals surface area (Å²) in [5.74, 6) is -2.51.